The SMILES string of the molecule is NC1NC2=CC=CCC2C(c2ccccc2)N1. The van der Waals surface area contributed by atoms with E-state index in [1.807, 2.05) is 6.07 Å². The highest BCUT2D eigenvalue weighted by Gasteiger charge is 2.32. The summed E-state index contributed by atoms with van der Waals surface area (Å²) in [5.74, 6) is 0.460. The maximum atomic E-state index is 5.98. The standard InChI is InChI=1S/C14H17N3/c15-14-16-12-9-5-4-8-11(12)13(17-14)10-6-2-1-3-7-10/h1-7,9,11,13-14,16-17H,8,15H2. The number of fused-ring (bicyclic) bond motifs is 1. The lowest BCUT2D eigenvalue weighted by Crippen LogP contribution is -2.57. The van der Waals surface area contributed by atoms with E-state index >= 15 is 0 Å². The summed E-state index contributed by atoms with van der Waals surface area (Å²) in [6.07, 6.45) is 7.32. The van der Waals surface area contributed by atoms with Crippen molar-refractivity contribution in [3.05, 3.63) is 59.8 Å². The van der Waals surface area contributed by atoms with E-state index in [4.69, 9.17) is 5.73 Å². The van der Waals surface area contributed by atoms with Gasteiger partial charge in [0.15, 0.2) is 0 Å². The fourth-order valence-electron chi connectivity index (χ4n) is 2.64. The van der Waals surface area contributed by atoms with Crippen molar-refractivity contribution in [3.8, 4) is 0 Å². The maximum Gasteiger partial charge on any atom is 0.130 e. The Morgan fingerprint density at radius 3 is 2.82 bits per heavy atom. The molecule has 2 aliphatic rings. The van der Waals surface area contributed by atoms with E-state index in [2.05, 4.69) is 53.1 Å². The first-order valence-electron chi connectivity index (χ1n) is 6.04. The second-order valence-corrected chi connectivity index (χ2v) is 4.57. The zero-order chi connectivity index (χ0) is 11.7. The summed E-state index contributed by atoms with van der Waals surface area (Å²) in [5.41, 5.74) is 8.53. The van der Waals surface area contributed by atoms with Crippen LogP contribution in [0.3, 0.4) is 0 Å². The van der Waals surface area contributed by atoms with Crippen LogP contribution >= 0.6 is 0 Å². The molecule has 88 valence electrons. The van der Waals surface area contributed by atoms with E-state index < -0.39 is 0 Å². The van der Waals surface area contributed by atoms with E-state index in [1.54, 1.807) is 0 Å². The molecule has 1 saturated heterocycles. The third kappa shape index (κ3) is 1.99. The summed E-state index contributed by atoms with van der Waals surface area (Å²) in [6.45, 7) is 0. The average Bonchev–Trinajstić information content (AvgIpc) is 2.39. The molecule has 0 bridgehead atoms. The molecule has 1 heterocycles. The molecule has 0 radical (unpaired) electrons. The van der Waals surface area contributed by atoms with E-state index in [9.17, 15) is 0 Å². The lowest BCUT2D eigenvalue weighted by Gasteiger charge is -2.40. The van der Waals surface area contributed by atoms with Crippen LogP contribution in [0.5, 0.6) is 0 Å². The predicted octanol–water partition coefficient (Wildman–Crippen LogP) is 1.62. The third-order valence-electron chi connectivity index (χ3n) is 3.44. The Bertz CT molecular complexity index is 450. The van der Waals surface area contributed by atoms with Crippen LogP contribution in [-0.4, -0.2) is 6.29 Å². The fourth-order valence-corrected chi connectivity index (χ4v) is 2.64. The molecule has 3 heteroatoms. The van der Waals surface area contributed by atoms with E-state index in [0.717, 1.165) is 6.42 Å². The fraction of sp³-hybridized carbons (Fsp3) is 0.286. The molecular formula is C14H17N3. The monoisotopic (exact) mass is 227 g/mol. The minimum Gasteiger partial charge on any atom is -0.361 e. The van der Waals surface area contributed by atoms with Gasteiger partial charge in [-0.2, -0.15) is 0 Å². The van der Waals surface area contributed by atoms with Gasteiger partial charge in [-0.05, 0) is 18.1 Å². The molecule has 0 amide bonds. The van der Waals surface area contributed by atoms with E-state index in [1.165, 1.54) is 11.3 Å². The highest BCUT2D eigenvalue weighted by Crippen LogP contribution is 2.34. The minimum absolute atomic E-state index is 0.172. The van der Waals surface area contributed by atoms with Crippen LogP contribution in [0, 0.1) is 5.92 Å². The van der Waals surface area contributed by atoms with Crippen molar-refractivity contribution < 1.29 is 0 Å². The molecule has 1 aliphatic carbocycles. The van der Waals surface area contributed by atoms with Gasteiger partial charge in [-0.3, -0.25) is 11.1 Å². The molecule has 1 fully saturated rings. The van der Waals surface area contributed by atoms with Gasteiger partial charge < -0.3 is 5.32 Å². The maximum absolute atomic E-state index is 5.98. The molecular weight excluding hydrogens is 210 g/mol. The molecule has 1 aromatic rings. The predicted molar refractivity (Wildman–Crippen MR) is 68.8 cm³/mol. The summed E-state index contributed by atoms with van der Waals surface area (Å²) in [6, 6.07) is 10.8. The molecule has 3 atom stereocenters. The normalized spacial score (nSPS) is 31.4. The number of allylic oxidation sites excluding steroid dienone is 3. The van der Waals surface area contributed by atoms with Crippen LogP contribution in [0.2, 0.25) is 0 Å². The third-order valence-corrected chi connectivity index (χ3v) is 3.44. The average molecular weight is 227 g/mol. The van der Waals surface area contributed by atoms with Gasteiger partial charge >= 0.3 is 0 Å². The number of rotatable bonds is 1. The first kappa shape index (κ1) is 10.6. The Labute approximate surface area is 101 Å². The largest absolute Gasteiger partial charge is 0.361 e. The number of benzene rings is 1. The van der Waals surface area contributed by atoms with Crippen LogP contribution in [0.15, 0.2) is 54.3 Å². The molecule has 3 unspecified atom stereocenters. The van der Waals surface area contributed by atoms with Gasteiger partial charge in [0, 0.05) is 17.7 Å². The van der Waals surface area contributed by atoms with Crippen LogP contribution in [0.1, 0.15) is 18.0 Å². The molecule has 17 heavy (non-hydrogen) atoms. The summed E-state index contributed by atoms with van der Waals surface area (Å²) < 4.78 is 0. The number of nitrogens with one attached hydrogen (secondary N) is 2. The zero-order valence-corrected chi connectivity index (χ0v) is 9.64. The van der Waals surface area contributed by atoms with Crippen molar-refractivity contribution in [1.29, 1.82) is 0 Å². The number of nitrogens with two attached hydrogens (primary N) is 1. The molecule has 1 aliphatic heterocycles. The quantitative estimate of drug-likeness (QED) is 0.683. The van der Waals surface area contributed by atoms with Crippen molar-refractivity contribution in [2.75, 3.05) is 0 Å². The molecule has 1 aromatic carbocycles. The van der Waals surface area contributed by atoms with Gasteiger partial charge in [0.25, 0.3) is 0 Å². The highest BCUT2D eigenvalue weighted by atomic mass is 15.3. The van der Waals surface area contributed by atoms with E-state index in [0.29, 0.717) is 12.0 Å². The van der Waals surface area contributed by atoms with Crippen molar-refractivity contribution in [2.45, 2.75) is 18.8 Å². The lowest BCUT2D eigenvalue weighted by atomic mass is 9.84. The van der Waals surface area contributed by atoms with Gasteiger partial charge in [0.05, 0.1) is 0 Å². The van der Waals surface area contributed by atoms with Crippen LogP contribution in [-0.2, 0) is 0 Å². The van der Waals surface area contributed by atoms with Crippen LogP contribution < -0.4 is 16.4 Å². The molecule has 3 nitrogen and oxygen atoms in total. The van der Waals surface area contributed by atoms with Crippen LogP contribution in [0.25, 0.3) is 0 Å². The molecule has 0 saturated carbocycles. The molecule has 0 spiro atoms. The summed E-state index contributed by atoms with van der Waals surface area (Å²) >= 11 is 0. The van der Waals surface area contributed by atoms with Gasteiger partial charge in [0.2, 0.25) is 0 Å². The van der Waals surface area contributed by atoms with Gasteiger partial charge in [-0.15, -0.1) is 0 Å². The first-order valence-corrected chi connectivity index (χ1v) is 6.04. The molecule has 3 rings (SSSR count). The molecule has 4 N–H and O–H groups in total. The Kier molecular flexibility index (Phi) is 2.71. The van der Waals surface area contributed by atoms with Gasteiger partial charge in [-0.1, -0.05) is 42.5 Å². The lowest BCUT2D eigenvalue weighted by molar-refractivity contribution is 0.269. The second-order valence-electron chi connectivity index (χ2n) is 4.57. The van der Waals surface area contributed by atoms with Crippen molar-refractivity contribution in [1.82, 2.24) is 10.6 Å². The Morgan fingerprint density at radius 2 is 2.00 bits per heavy atom. The smallest absolute Gasteiger partial charge is 0.130 e. The zero-order valence-electron chi connectivity index (χ0n) is 9.64. The van der Waals surface area contributed by atoms with Crippen molar-refractivity contribution in [3.63, 3.8) is 0 Å². The van der Waals surface area contributed by atoms with Gasteiger partial charge in [0.1, 0.15) is 6.29 Å². The van der Waals surface area contributed by atoms with Crippen molar-refractivity contribution in [2.24, 2.45) is 11.7 Å². The first-order chi connectivity index (χ1) is 8.34. The van der Waals surface area contributed by atoms with E-state index in [-0.39, 0.29) is 6.29 Å². The highest BCUT2D eigenvalue weighted by molar-refractivity contribution is 5.29. The second kappa shape index (κ2) is 4.35. The topological polar surface area (TPSA) is 50.1 Å². The van der Waals surface area contributed by atoms with Crippen molar-refractivity contribution >= 4 is 0 Å². The van der Waals surface area contributed by atoms with Crippen LogP contribution in [0.4, 0.5) is 0 Å². The number of hydrogen-bond donors (Lipinski definition) is 3. The Morgan fingerprint density at radius 1 is 1.18 bits per heavy atom. The summed E-state index contributed by atoms with van der Waals surface area (Å²) in [5, 5.41) is 6.72. The Balaban J connectivity index is 1.93. The van der Waals surface area contributed by atoms with Gasteiger partial charge in [-0.25, -0.2) is 0 Å². The summed E-state index contributed by atoms with van der Waals surface area (Å²) in [4.78, 5) is 0. The molecule has 0 aromatic heterocycles. The summed E-state index contributed by atoms with van der Waals surface area (Å²) in [7, 11) is 0. The Hall–Kier alpha value is -1.58. The number of hydrogen-bond acceptors (Lipinski definition) is 3. The minimum atomic E-state index is -0.172.